The molecule has 0 unspecified atom stereocenters. The molecule has 4 heteroatoms. The number of nitrogens with zero attached hydrogens (tertiary/aromatic N) is 1. The SMILES string of the molecule is CCC(=C(c1ccc(C=CC(N)=O)cc1)c1ccc2scnc2c1)c1ccccc1. The standard InChI is InChI=1S/C26H22N2OS/c1-2-22(19-6-4-3-5-7-19)26(21-13-14-24-23(16-21)28-17-30-24)20-11-8-18(9-12-20)10-15-25(27)29/h3-17H,2H2,1H3,(H2,27,29). The van der Waals surface area contributed by atoms with Crippen molar-refractivity contribution in [3.05, 3.63) is 107 Å². The van der Waals surface area contributed by atoms with Gasteiger partial charge in [0.1, 0.15) is 0 Å². The van der Waals surface area contributed by atoms with E-state index >= 15 is 0 Å². The van der Waals surface area contributed by atoms with Crippen LogP contribution in [0.15, 0.2) is 84.4 Å². The van der Waals surface area contributed by atoms with E-state index < -0.39 is 5.91 Å². The van der Waals surface area contributed by atoms with Crippen LogP contribution in [0.1, 0.15) is 35.6 Å². The van der Waals surface area contributed by atoms with E-state index in [1.807, 2.05) is 23.7 Å². The fraction of sp³-hybridized carbons (Fsp3) is 0.0769. The highest BCUT2D eigenvalue weighted by Crippen LogP contribution is 2.36. The van der Waals surface area contributed by atoms with Crippen molar-refractivity contribution in [2.45, 2.75) is 13.3 Å². The van der Waals surface area contributed by atoms with Crippen LogP contribution in [-0.2, 0) is 4.79 Å². The molecule has 0 spiro atoms. The molecule has 0 fully saturated rings. The molecule has 1 heterocycles. The number of nitrogens with two attached hydrogens (primary N) is 1. The van der Waals surface area contributed by atoms with Gasteiger partial charge in [-0.3, -0.25) is 4.79 Å². The molecule has 4 aromatic rings. The molecule has 1 aromatic heterocycles. The number of carbonyl (C=O) groups excluding carboxylic acids is 1. The molecular formula is C26H22N2OS. The summed E-state index contributed by atoms with van der Waals surface area (Å²) < 4.78 is 1.18. The normalized spacial score (nSPS) is 12.3. The highest BCUT2D eigenvalue weighted by Gasteiger charge is 2.14. The van der Waals surface area contributed by atoms with Gasteiger partial charge in [0.25, 0.3) is 0 Å². The summed E-state index contributed by atoms with van der Waals surface area (Å²) in [4.78, 5) is 15.5. The van der Waals surface area contributed by atoms with E-state index in [1.165, 1.54) is 27.5 Å². The zero-order chi connectivity index (χ0) is 20.9. The summed E-state index contributed by atoms with van der Waals surface area (Å²) in [6, 6.07) is 25.2. The number of hydrogen-bond acceptors (Lipinski definition) is 3. The van der Waals surface area contributed by atoms with Gasteiger partial charge in [-0.2, -0.15) is 0 Å². The summed E-state index contributed by atoms with van der Waals surface area (Å²) in [6.07, 6.45) is 4.01. The van der Waals surface area contributed by atoms with Gasteiger partial charge >= 0.3 is 0 Å². The van der Waals surface area contributed by atoms with Crippen LogP contribution in [0, 0.1) is 0 Å². The minimum Gasteiger partial charge on any atom is -0.366 e. The molecule has 0 bridgehead atoms. The Morgan fingerprint density at radius 2 is 1.70 bits per heavy atom. The summed E-state index contributed by atoms with van der Waals surface area (Å²) in [5.74, 6) is -0.450. The molecule has 1 amide bonds. The van der Waals surface area contributed by atoms with Gasteiger partial charge in [-0.15, -0.1) is 11.3 Å². The lowest BCUT2D eigenvalue weighted by Crippen LogP contribution is -2.05. The molecule has 148 valence electrons. The minimum atomic E-state index is -0.450. The van der Waals surface area contributed by atoms with E-state index in [1.54, 1.807) is 17.4 Å². The second kappa shape index (κ2) is 8.89. The molecule has 30 heavy (non-hydrogen) atoms. The summed E-state index contributed by atoms with van der Waals surface area (Å²) in [7, 11) is 0. The Kier molecular flexibility index (Phi) is 5.87. The first-order chi connectivity index (χ1) is 14.7. The Morgan fingerprint density at radius 1 is 0.967 bits per heavy atom. The lowest BCUT2D eigenvalue weighted by atomic mass is 9.88. The maximum atomic E-state index is 11.0. The van der Waals surface area contributed by atoms with Gasteiger partial charge < -0.3 is 5.73 Å². The molecule has 3 aromatic carbocycles. The predicted molar refractivity (Wildman–Crippen MR) is 127 cm³/mol. The Labute approximate surface area is 180 Å². The molecule has 0 saturated carbocycles. The molecule has 2 N–H and O–H groups in total. The second-order valence-electron chi connectivity index (χ2n) is 6.97. The number of carbonyl (C=O) groups is 1. The molecule has 0 atom stereocenters. The molecule has 4 rings (SSSR count). The third-order valence-corrected chi connectivity index (χ3v) is 5.85. The number of hydrogen-bond donors (Lipinski definition) is 1. The topological polar surface area (TPSA) is 56.0 Å². The third-order valence-electron chi connectivity index (χ3n) is 5.04. The molecule has 0 aliphatic rings. The van der Waals surface area contributed by atoms with Crippen molar-refractivity contribution in [1.82, 2.24) is 4.98 Å². The van der Waals surface area contributed by atoms with E-state index in [2.05, 4.69) is 66.5 Å². The number of thiazole rings is 1. The van der Waals surface area contributed by atoms with Crippen molar-refractivity contribution in [3.63, 3.8) is 0 Å². The van der Waals surface area contributed by atoms with Crippen LogP contribution < -0.4 is 5.73 Å². The Morgan fingerprint density at radius 3 is 2.40 bits per heavy atom. The van der Waals surface area contributed by atoms with Crippen molar-refractivity contribution < 1.29 is 4.79 Å². The van der Waals surface area contributed by atoms with Gasteiger partial charge in [-0.25, -0.2) is 4.98 Å². The first-order valence-electron chi connectivity index (χ1n) is 9.86. The quantitative estimate of drug-likeness (QED) is 0.305. The highest BCUT2D eigenvalue weighted by molar-refractivity contribution is 7.16. The number of amides is 1. The summed E-state index contributed by atoms with van der Waals surface area (Å²) in [5, 5.41) is 0. The van der Waals surface area contributed by atoms with Gasteiger partial charge in [0.2, 0.25) is 5.91 Å². The fourth-order valence-corrected chi connectivity index (χ4v) is 4.29. The highest BCUT2D eigenvalue weighted by atomic mass is 32.1. The molecule has 0 aliphatic heterocycles. The van der Waals surface area contributed by atoms with Gasteiger partial charge in [-0.1, -0.05) is 67.6 Å². The largest absolute Gasteiger partial charge is 0.366 e. The van der Waals surface area contributed by atoms with E-state index in [-0.39, 0.29) is 0 Å². The smallest absolute Gasteiger partial charge is 0.241 e. The zero-order valence-electron chi connectivity index (χ0n) is 16.7. The van der Waals surface area contributed by atoms with Crippen molar-refractivity contribution in [2.75, 3.05) is 0 Å². The van der Waals surface area contributed by atoms with Crippen LogP contribution in [0.25, 0.3) is 27.4 Å². The number of primary amides is 1. The Balaban J connectivity index is 1.89. The molecule has 0 saturated heterocycles. The number of benzene rings is 3. The molecule has 0 radical (unpaired) electrons. The van der Waals surface area contributed by atoms with Crippen LogP contribution >= 0.6 is 11.3 Å². The number of rotatable bonds is 6. The Bertz CT molecular complexity index is 1240. The van der Waals surface area contributed by atoms with Crippen molar-refractivity contribution >= 4 is 44.7 Å². The van der Waals surface area contributed by atoms with Crippen LogP contribution in [0.5, 0.6) is 0 Å². The summed E-state index contributed by atoms with van der Waals surface area (Å²) >= 11 is 1.65. The molecule has 0 aliphatic carbocycles. The van der Waals surface area contributed by atoms with Gasteiger partial charge in [-0.05, 0) is 58.0 Å². The second-order valence-corrected chi connectivity index (χ2v) is 7.85. The van der Waals surface area contributed by atoms with E-state index in [4.69, 9.17) is 5.73 Å². The number of allylic oxidation sites excluding steroid dienone is 1. The monoisotopic (exact) mass is 410 g/mol. The van der Waals surface area contributed by atoms with Gasteiger partial charge in [0, 0.05) is 6.08 Å². The first kappa shape index (κ1) is 19.8. The van der Waals surface area contributed by atoms with E-state index in [0.29, 0.717) is 0 Å². The summed E-state index contributed by atoms with van der Waals surface area (Å²) in [5.41, 5.74) is 15.0. The minimum absolute atomic E-state index is 0.450. The van der Waals surface area contributed by atoms with Crippen LogP contribution in [-0.4, -0.2) is 10.9 Å². The molecule has 3 nitrogen and oxygen atoms in total. The average Bonchev–Trinajstić information content (AvgIpc) is 3.25. The van der Waals surface area contributed by atoms with E-state index in [9.17, 15) is 4.79 Å². The van der Waals surface area contributed by atoms with Crippen LogP contribution in [0.4, 0.5) is 0 Å². The van der Waals surface area contributed by atoms with Crippen LogP contribution in [0.2, 0.25) is 0 Å². The average molecular weight is 411 g/mol. The van der Waals surface area contributed by atoms with Crippen molar-refractivity contribution in [1.29, 1.82) is 0 Å². The lowest BCUT2D eigenvalue weighted by molar-refractivity contribution is -0.113. The number of fused-ring (bicyclic) bond motifs is 1. The lowest BCUT2D eigenvalue weighted by Gasteiger charge is -2.16. The summed E-state index contributed by atoms with van der Waals surface area (Å²) in [6.45, 7) is 2.19. The predicted octanol–water partition coefficient (Wildman–Crippen LogP) is 6.16. The third kappa shape index (κ3) is 4.24. The van der Waals surface area contributed by atoms with Crippen molar-refractivity contribution in [2.24, 2.45) is 5.73 Å². The molecular weight excluding hydrogens is 388 g/mol. The first-order valence-corrected chi connectivity index (χ1v) is 10.7. The van der Waals surface area contributed by atoms with E-state index in [0.717, 1.165) is 28.6 Å². The fourth-order valence-electron chi connectivity index (χ4n) is 3.63. The van der Waals surface area contributed by atoms with Crippen molar-refractivity contribution in [3.8, 4) is 0 Å². The van der Waals surface area contributed by atoms with Gasteiger partial charge in [0.15, 0.2) is 0 Å². The zero-order valence-corrected chi connectivity index (χ0v) is 17.5. The maximum Gasteiger partial charge on any atom is 0.241 e. The van der Waals surface area contributed by atoms with Crippen LogP contribution in [0.3, 0.4) is 0 Å². The Hall–Kier alpha value is -3.50. The maximum absolute atomic E-state index is 11.0. The van der Waals surface area contributed by atoms with Gasteiger partial charge in [0.05, 0.1) is 15.7 Å². The number of aromatic nitrogens is 1.